The molecule has 1 nitrogen and oxygen atoms in total. The van der Waals surface area contributed by atoms with Crippen molar-refractivity contribution in [2.75, 3.05) is 0 Å². The fraction of sp³-hybridized carbons (Fsp3) is 0.625. The van der Waals surface area contributed by atoms with Gasteiger partial charge >= 0.3 is 0 Å². The third kappa shape index (κ3) is 0.966. The van der Waals surface area contributed by atoms with Gasteiger partial charge in [0.2, 0.25) is 0 Å². The summed E-state index contributed by atoms with van der Waals surface area (Å²) in [6.07, 6.45) is 5.91. The van der Waals surface area contributed by atoms with Crippen molar-refractivity contribution >= 4 is 11.5 Å². The van der Waals surface area contributed by atoms with Crippen molar-refractivity contribution in [1.82, 2.24) is 4.37 Å². The minimum absolute atomic E-state index is 0.882. The molecule has 1 heterocycles. The molecule has 0 aliphatic heterocycles. The van der Waals surface area contributed by atoms with Crippen molar-refractivity contribution < 1.29 is 0 Å². The molecule has 1 aromatic rings. The predicted molar refractivity (Wildman–Crippen MR) is 43.3 cm³/mol. The van der Waals surface area contributed by atoms with Crippen molar-refractivity contribution in [3.05, 3.63) is 16.6 Å². The molecule has 0 saturated heterocycles. The summed E-state index contributed by atoms with van der Waals surface area (Å²) >= 11 is 1.68. The molecule has 2 heteroatoms. The monoisotopic (exact) mass is 153 g/mol. The summed E-state index contributed by atoms with van der Waals surface area (Å²) in [6.45, 7) is 2.32. The number of aromatic nitrogens is 1. The number of rotatable bonds is 0. The molecule has 1 aliphatic carbocycles. The lowest BCUT2D eigenvalue weighted by atomic mass is 9.91. The quantitative estimate of drug-likeness (QED) is 0.557. The van der Waals surface area contributed by atoms with Gasteiger partial charge < -0.3 is 0 Å². The average Bonchev–Trinajstić information content (AvgIpc) is 2.33. The van der Waals surface area contributed by atoms with E-state index in [0.717, 1.165) is 5.92 Å². The number of nitrogens with zero attached hydrogens (tertiary/aromatic N) is 1. The largest absolute Gasteiger partial charge is 0.201 e. The smallest absolute Gasteiger partial charge is 0.0441 e. The normalized spacial score (nSPS) is 24.3. The maximum absolute atomic E-state index is 4.18. The van der Waals surface area contributed by atoms with Gasteiger partial charge in [-0.05, 0) is 42.3 Å². The van der Waals surface area contributed by atoms with Crippen LogP contribution >= 0.6 is 11.5 Å². The van der Waals surface area contributed by atoms with E-state index in [4.69, 9.17) is 0 Å². The molecule has 0 spiro atoms. The molecule has 2 rings (SSSR count). The first-order valence-electron chi connectivity index (χ1n) is 3.78. The summed E-state index contributed by atoms with van der Waals surface area (Å²) < 4.78 is 4.18. The van der Waals surface area contributed by atoms with Gasteiger partial charge in [-0.1, -0.05) is 6.92 Å². The van der Waals surface area contributed by atoms with Gasteiger partial charge in [-0.2, -0.15) is 0 Å². The second-order valence-electron chi connectivity index (χ2n) is 3.12. The molecule has 0 amide bonds. The van der Waals surface area contributed by atoms with Gasteiger partial charge in [0.1, 0.15) is 0 Å². The number of hydrogen-bond donors (Lipinski definition) is 0. The van der Waals surface area contributed by atoms with Crippen LogP contribution in [0.2, 0.25) is 0 Å². The SMILES string of the molecule is CC1CCc2cnsc2C1. The summed E-state index contributed by atoms with van der Waals surface area (Å²) in [6, 6.07) is 0. The van der Waals surface area contributed by atoms with Gasteiger partial charge in [-0.15, -0.1) is 0 Å². The van der Waals surface area contributed by atoms with E-state index in [1.54, 1.807) is 11.5 Å². The lowest BCUT2D eigenvalue weighted by Gasteiger charge is -2.16. The summed E-state index contributed by atoms with van der Waals surface area (Å²) in [7, 11) is 0. The Hall–Kier alpha value is -0.370. The minimum Gasteiger partial charge on any atom is -0.201 e. The van der Waals surface area contributed by atoms with E-state index in [0.29, 0.717) is 0 Å². The molecule has 1 atom stereocenters. The zero-order chi connectivity index (χ0) is 6.97. The van der Waals surface area contributed by atoms with Gasteiger partial charge in [0.15, 0.2) is 0 Å². The van der Waals surface area contributed by atoms with Gasteiger partial charge in [0, 0.05) is 11.1 Å². The van der Waals surface area contributed by atoms with Crippen LogP contribution in [0.1, 0.15) is 23.8 Å². The van der Waals surface area contributed by atoms with Crippen molar-refractivity contribution in [2.24, 2.45) is 5.92 Å². The average molecular weight is 153 g/mol. The zero-order valence-corrected chi connectivity index (χ0v) is 6.95. The molecule has 1 aromatic heterocycles. The highest BCUT2D eigenvalue weighted by Gasteiger charge is 2.15. The van der Waals surface area contributed by atoms with E-state index in [1.165, 1.54) is 29.7 Å². The van der Waals surface area contributed by atoms with Crippen LogP contribution in [0.4, 0.5) is 0 Å². The van der Waals surface area contributed by atoms with E-state index >= 15 is 0 Å². The molecule has 0 bridgehead atoms. The van der Waals surface area contributed by atoms with Crippen LogP contribution in [0, 0.1) is 5.92 Å². The van der Waals surface area contributed by atoms with Crippen LogP contribution < -0.4 is 0 Å². The molecule has 1 unspecified atom stereocenters. The lowest BCUT2D eigenvalue weighted by molar-refractivity contribution is 0.507. The van der Waals surface area contributed by atoms with E-state index < -0.39 is 0 Å². The summed E-state index contributed by atoms with van der Waals surface area (Å²) in [5, 5.41) is 0. The maximum Gasteiger partial charge on any atom is 0.0441 e. The van der Waals surface area contributed by atoms with Crippen LogP contribution in [0.5, 0.6) is 0 Å². The number of aryl methyl sites for hydroxylation is 1. The van der Waals surface area contributed by atoms with E-state index in [9.17, 15) is 0 Å². The van der Waals surface area contributed by atoms with Crippen LogP contribution in [-0.2, 0) is 12.8 Å². The molecule has 0 fully saturated rings. The molecule has 10 heavy (non-hydrogen) atoms. The summed E-state index contributed by atoms with van der Waals surface area (Å²) in [5.74, 6) is 0.882. The third-order valence-electron chi connectivity index (χ3n) is 2.17. The highest BCUT2D eigenvalue weighted by atomic mass is 32.1. The molecule has 0 N–H and O–H groups in total. The third-order valence-corrected chi connectivity index (χ3v) is 3.03. The fourth-order valence-electron chi connectivity index (χ4n) is 1.48. The van der Waals surface area contributed by atoms with Crippen LogP contribution in [0.3, 0.4) is 0 Å². The Labute approximate surface area is 65.3 Å². The Balaban J connectivity index is 2.30. The Bertz CT molecular complexity index is 229. The standard InChI is InChI=1S/C8H11NS/c1-6-2-3-7-5-9-10-8(7)4-6/h5-6H,2-4H2,1H3. The maximum atomic E-state index is 4.18. The topological polar surface area (TPSA) is 12.9 Å². The summed E-state index contributed by atoms with van der Waals surface area (Å²) in [5.41, 5.74) is 1.50. The van der Waals surface area contributed by atoms with Gasteiger partial charge in [-0.3, -0.25) is 0 Å². The Morgan fingerprint density at radius 2 is 2.60 bits per heavy atom. The molecular formula is C8H11NS. The molecule has 0 radical (unpaired) electrons. The van der Waals surface area contributed by atoms with Crippen molar-refractivity contribution in [2.45, 2.75) is 26.2 Å². The second-order valence-corrected chi connectivity index (χ2v) is 4.01. The van der Waals surface area contributed by atoms with Gasteiger partial charge in [0.25, 0.3) is 0 Å². The molecular weight excluding hydrogens is 142 g/mol. The second kappa shape index (κ2) is 2.35. The Morgan fingerprint density at radius 1 is 1.70 bits per heavy atom. The first-order valence-corrected chi connectivity index (χ1v) is 4.56. The minimum atomic E-state index is 0.882. The van der Waals surface area contributed by atoms with Gasteiger partial charge in [0.05, 0.1) is 0 Å². The highest BCUT2D eigenvalue weighted by molar-refractivity contribution is 7.05. The first kappa shape index (κ1) is 6.35. The highest BCUT2D eigenvalue weighted by Crippen LogP contribution is 2.27. The van der Waals surface area contributed by atoms with Crippen molar-refractivity contribution in [1.29, 1.82) is 0 Å². The molecule has 0 aromatic carbocycles. The molecule has 0 saturated carbocycles. The lowest BCUT2D eigenvalue weighted by Crippen LogP contribution is -2.07. The molecule has 1 aliphatic rings. The van der Waals surface area contributed by atoms with E-state index in [1.807, 2.05) is 6.20 Å². The summed E-state index contributed by atoms with van der Waals surface area (Å²) in [4.78, 5) is 1.53. The fourth-order valence-corrected chi connectivity index (χ4v) is 2.42. The van der Waals surface area contributed by atoms with E-state index in [2.05, 4.69) is 11.3 Å². The van der Waals surface area contributed by atoms with Crippen LogP contribution in [0.25, 0.3) is 0 Å². The first-order chi connectivity index (χ1) is 4.86. The van der Waals surface area contributed by atoms with Crippen LogP contribution in [-0.4, -0.2) is 4.37 Å². The predicted octanol–water partition coefficient (Wildman–Crippen LogP) is 2.27. The Kier molecular flexibility index (Phi) is 1.49. The van der Waals surface area contributed by atoms with Gasteiger partial charge in [-0.25, -0.2) is 4.37 Å². The number of fused-ring (bicyclic) bond motifs is 1. The Morgan fingerprint density at radius 3 is 3.50 bits per heavy atom. The molecule has 54 valence electrons. The number of hydrogen-bond acceptors (Lipinski definition) is 2. The van der Waals surface area contributed by atoms with Crippen molar-refractivity contribution in [3.8, 4) is 0 Å². The van der Waals surface area contributed by atoms with Crippen LogP contribution in [0.15, 0.2) is 6.20 Å². The zero-order valence-electron chi connectivity index (χ0n) is 6.13. The van der Waals surface area contributed by atoms with E-state index in [-0.39, 0.29) is 0 Å². The van der Waals surface area contributed by atoms with Crippen molar-refractivity contribution in [3.63, 3.8) is 0 Å².